The van der Waals surface area contributed by atoms with Gasteiger partial charge >= 0.3 is 5.97 Å². The first-order valence-electron chi connectivity index (χ1n) is 10.6. The van der Waals surface area contributed by atoms with E-state index < -0.39 is 24.1 Å². The summed E-state index contributed by atoms with van der Waals surface area (Å²) >= 11 is 0. The molecule has 0 saturated heterocycles. The van der Waals surface area contributed by atoms with Crippen LogP contribution in [0.1, 0.15) is 41.3 Å². The number of ketones is 1. The fourth-order valence-corrected chi connectivity index (χ4v) is 3.71. The molecule has 4 N–H and O–H groups in total. The molecule has 0 radical (unpaired) electrons. The molecule has 0 aliphatic heterocycles. The van der Waals surface area contributed by atoms with E-state index in [4.69, 9.17) is 19.0 Å². The predicted molar refractivity (Wildman–Crippen MR) is 114 cm³/mol. The van der Waals surface area contributed by atoms with Crippen LogP contribution in [0.5, 0.6) is 0 Å². The quantitative estimate of drug-likeness (QED) is 0.379. The molecule has 1 aromatic carbocycles. The minimum Gasteiger partial charge on any atom is -0.457 e. The van der Waals surface area contributed by atoms with Gasteiger partial charge < -0.3 is 34.5 Å². The van der Waals surface area contributed by atoms with E-state index in [-0.39, 0.29) is 50.3 Å². The van der Waals surface area contributed by atoms with Crippen LogP contribution in [-0.2, 0) is 20.9 Å². The molecule has 32 heavy (non-hydrogen) atoms. The molecule has 1 fully saturated rings. The average Bonchev–Trinajstić information content (AvgIpc) is 3.35. The van der Waals surface area contributed by atoms with E-state index in [1.807, 2.05) is 24.3 Å². The lowest BCUT2D eigenvalue weighted by atomic mass is 9.95. The first-order valence-corrected chi connectivity index (χ1v) is 10.6. The lowest BCUT2D eigenvalue weighted by Gasteiger charge is -2.21. The number of Topliss-reactive ketones (excluding diaryl/α,β-unsaturated/α-hetero) is 1. The van der Waals surface area contributed by atoms with Gasteiger partial charge in [0.1, 0.15) is 24.8 Å². The number of aliphatic hydroxyl groups excluding tert-OH is 3. The van der Waals surface area contributed by atoms with Crippen LogP contribution < -0.4 is 5.32 Å². The van der Waals surface area contributed by atoms with Gasteiger partial charge in [0.2, 0.25) is 5.76 Å². The molecule has 2 unspecified atom stereocenters. The van der Waals surface area contributed by atoms with Gasteiger partial charge in [-0.05, 0) is 36.8 Å². The Balaban J connectivity index is 1.52. The van der Waals surface area contributed by atoms with Crippen LogP contribution in [0.15, 0.2) is 40.8 Å². The SMILES string of the molecule is CC(O)c1cccc(NC[C@H]2C(=O)CC(O)[C@@H]2COCc2ccc(C(=O)OCCO)o2)c1. The zero-order chi connectivity index (χ0) is 23.1. The Morgan fingerprint density at radius 1 is 1.31 bits per heavy atom. The van der Waals surface area contributed by atoms with Crippen molar-refractivity contribution < 1.29 is 38.8 Å². The van der Waals surface area contributed by atoms with Gasteiger partial charge in [0.25, 0.3) is 0 Å². The van der Waals surface area contributed by atoms with Crippen molar-refractivity contribution in [3.63, 3.8) is 0 Å². The number of nitrogens with one attached hydrogen (secondary N) is 1. The number of carbonyl (C=O) groups is 2. The number of anilines is 1. The molecule has 9 heteroatoms. The van der Waals surface area contributed by atoms with Crippen molar-refractivity contribution in [1.29, 1.82) is 0 Å². The van der Waals surface area contributed by atoms with Gasteiger partial charge in [-0.25, -0.2) is 4.79 Å². The number of esters is 1. The van der Waals surface area contributed by atoms with E-state index in [9.17, 15) is 19.8 Å². The van der Waals surface area contributed by atoms with E-state index in [0.717, 1.165) is 11.3 Å². The van der Waals surface area contributed by atoms with Crippen LogP contribution >= 0.6 is 0 Å². The van der Waals surface area contributed by atoms with Gasteiger partial charge in [-0.3, -0.25) is 4.79 Å². The Labute approximate surface area is 186 Å². The molecule has 2 aromatic rings. The van der Waals surface area contributed by atoms with Gasteiger partial charge in [-0.1, -0.05) is 12.1 Å². The molecule has 0 amide bonds. The van der Waals surface area contributed by atoms with Crippen molar-refractivity contribution >= 4 is 17.4 Å². The van der Waals surface area contributed by atoms with Crippen LogP contribution in [0.3, 0.4) is 0 Å². The minimum atomic E-state index is -0.793. The van der Waals surface area contributed by atoms with Crippen LogP contribution in [0.4, 0.5) is 5.69 Å². The maximum absolute atomic E-state index is 12.4. The monoisotopic (exact) mass is 447 g/mol. The number of carbonyl (C=O) groups excluding carboxylic acids is 2. The Morgan fingerprint density at radius 2 is 2.12 bits per heavy atom. The van der Waals surface area contributed by atoms with Crippen molar-refractivity contribution in [2.75, 3.05) is 31.7 Å². The average molecular weight is 447 g/mol. The molecular weight excluding hydrogens is 418 g/mol. The van der Waals surface area contributed by atoms with Gasteiger partial charge in [-0.15, -0.1) is 0 Å². The van der Waals surface area contributed by atoms with Crippen molar-refractivity contribution in [3.05, 3.63) is 53.5 Å². The molecular formula is C23H29NO8. The summed E-state index contributed by atoms with van der Waals surface area (Å²) in [7, 11) is 0. The molecule has 0 spiro atoms. The number of hydrogen-bond acceptors (Lipinski definition) is 9. The highest BCUT2D eigenvalue weighted by Crippen LogP contribution is 2.30. The summed E-state index contributed by atoms with van der Waals surface area (Å²) in [5.74, 6) is -1.08. The van der Waals surface area contributed by atoms with Crippen molar-refractivity contribution in [3.8, 4) is 0 Å². The smallest absolute Gasteiger partial charge is 0.374 e. The number of benzene rings is 1. The fourth-order valence-electron chi connectivity index (χ4n) is 3.71. The second kappa shape index (κ2) is 11.2. The van der Waals surface area contributed by atoms with Gasteiger partial charge in [-0.2, -0.15) is 0 Å². The maximum Gasteiger partial charge on any atom is 0.374 e. The molecule has 4 atom stereocenters. The van der Waals surface area contributed by atoms with Gasteiger partial charge in [0.05, 0.1) is 25.4 Å². The first kappa shape index (κ1) is 23.9. The number of hydrogen-bond donors (Lipinski definition) is 4. The Bertz CT molecular complexity index is 909. The molecule has 9 nitrogen and oxygen atoms in total. The van der Waals surface area contributed by atoms with E-state index in [0.29, 0.717) is 12.3 Å². The molecule has 174 valence electrons. The summed E-state index contributed by atoms with van der Waals surface area (Å²) in [6.07, 6.45) is -1.31. The van der Waals surface area contributed by atoms with Gasteiger partial charge in [0.15, 0.2) is 0 Å². The second-order valence-corrected chi connectivity index (χ2v) is 7.83. The lowest BCUT2D eigenvalue weighted by Crippen LogP contribution is -2.30. The molecule has 1 heterocycles. The zero-order valence-corrected chi connectivity index (χ0v) is 17.9. The predicted octanol–water partition coefficient (Wildman–Crippen LogP) is 1.68. The minimum absolute atomic E-state index is 0.00892. The largest absolute Gasteiger partial charge is 0.457 e. The Morgan fingerprint density at radius 3 is 2.88 bits per heavy atom. The van der Waals surface area contributed by atoms with E-state index in [1.165, 1.54) is 6.07 Å². The number of aliphatic hydroxyl groups is 3. The first-order chi connectivity index (χ1) is 15.4. The Kier molecular flexibility index (Phi) is 8.40. The number of furan rings is 1. The third kappa shape index (κ3) is 6.17. The van der Waals surface area contributed by atoms with Crippen molar-refractivity contribution in [2.24, 2.45) is 11.8 Å². The molecule has 1 aliphatic carbocycles. The van der Waals surface area contributed by atoms with E-state index in [1.54, 1.807) is 13.0 Å². The highest BCUT2D eigenvalue weighted by molar-refractivity contribution is 5.86. The zero-order valence-electron chi connectivity index (χ0n) is 17.9. The number of ether oxygens (including phenoxy) is 2. The Hall–Kier alpha value is -2.72. The summed E-state index contributed by atoms with van der Waals surface area (Å²) in [4.78, 5) is 24.1. The number of rotatable bonds is 11. The van der Waals surface area contributed by atoms with Crippen LogP contribution in [-0.4, -0.2) is 59.5 Å². The summed E-state index contributed by atoms with van der Waals surface area (Å²) in [5.41, 5.74) is 1.55. The highest BCUT2D eigenvalue weighted by atomic mass is 16.6. The van der Waals surface area contributed by atoms with Crippen molar-refractivity contribution in [1.82, 2.24) is 0 Å². The molecule has 1 aromatic heterocycles. The van der Waals surface area contributed by atoms with Gasteiger partial charge in [0, 0.05) is 30.5 Å². The fraction of sp³-hybridized carbons (Fsp3) is 0.478. The topological polar surface area (TPSA) is 138 Å². The molecule has 1 aliphatic rings. The lowest BCUT2D eigenvalue weighted by molar-refractivity contribution is -0.121. The van der Waals surface area contributed by atoms with E-state index >= 15 is 0 Å². The molecule has 0 bridgehead atoms. The normalized spacial score (nSPS) is 21.5. The summed E-state index contributed by atoms with van der Waals surface area (Å²) in [5, 5.41) is 32.0. The molecule has 1 saturated carbocycles. The highest BCUT2D eigenvalue weighted by Gasteiger charge is 2.41. The second-order valence-electron chi connectivity index (χ2n) is 7.83. The third-order valence-electron chi connectivity index (χ3n) is 5.47. The standard InChI is InChI=1S/C23H29NO8/c1-14(26)15-3-2-4-16(9-15)24-11-18-19(21(28)10-20(18)27)13-30-12-17-5-6-22(32-17)23(29)31-8-7-25/h2-6,9,14,18-19,21,24-26,28H,7-8,10-13H2,1H3/t14?,18-,19-,21?/m1/s1. The summed E-state index contributed by atoms with van der Waals surface area (Å²) in [6.45, 7) is 1.86. The van der Waals surface area contributed by atoms with Crippen LogP contribution in [0, 0.1) is 11.8 Å². The molecule has 3 rings (SSSR count). The van der Waals surface area contributed by atoms with E-state index in [2.05, 4.69) is 5.32 Å². The summed E-state index contributed by atoms with van der Waals surface area (Å²) < 4.78 is 15.8. The summed E-state index contributed by atoms with van der Waals surface area (Å²) in [6, 6.07) is 10.4. The van der Waals surface area contributed by atoms with Crippen LogP contribution in [0.25, 0.3) is 0 Å². The third-order valence-corrected chi connectivity index (χ3v) is 5.47. The maximum atomic E-state index is 12.4. The van der Waals surface area contributed by atoms with Crippen LogP contribution in [0.2, 0.25) is 0 Å². The van der Waals surface area contributed by atoms with Crippen molar-refractivity contribution in [2.45, 2.75) is 32.2 Å².